The topological polar surface area (TPSA) is 182 Å². The van der Waals surface area contributed by atoms with Crippen LogP contribution in [0.1, 0.15) is 53.9 Å². The lowest BCUT2D eigenvalue weighted by atomic mass is 9.80. The Morgan fingerprint density at radius 3 is 2.26 bits per heavy atom. The summed E-state index contributed by atoms with van der Waals surface area (Å²) in [4.78, 5) is 35.7. The van der Waals surface area contributed by atoms with Gasteiger partial charge >= 0.3 is 0 Å². The van der Waals surface area contributed by atoms with E-state index in [-0.39, 0.29) is 49.7 Å². The molecule has 3 fully saturated rings. The summed E-state index contributed by atoms with van der Waals surface area (Å²) in [5.74, 6) is -1.83. The van der Waals surface area contributed by atoms with E-state index in [9.17, 15) is 29.7 Å². The van der Waals surface area contributed by atoms with Gasteiger partial charge in [-0.25, -0.2) is 0 Å². The maximum absolute atomic E-state index is 13.0. The van der Waals surface area contributed by atoms with Crippen LogP contribution in [-0.2, 0) is 38.1 Å². The van der Waals surface area contributed by atoms with Crippen LogP contribution in [0.4, 0.5) is 0 Å². The number of nitrogens with one attached hydrogen (secondary N) is 2. The van der Waals surface area contributed by atoms with Crippen molar-refractivity contribution in [1.29, 1.82) is 0 Å². The molecule has 3 heterocycles. The smallest absolute Gasteiger partial charge is 0.251 e. The molecule has 0 aromatic carbocycles. The van der Waals surface area contributed by atoms with Gasteiger partial charge in [0.2, 0.25) is 5.91 Å². The molecule has 0 aromatic rings. The predicted molar refractivity (Wildman–Crippen MR) is 135 cm³/mol. The van der Waals surface area contributed by atoms with Gasteiger partial charge in [-0.2, -0.15) is 0 Å². The molecule has 39 heavy (non-hydrogen) atoms. The zero-order valence-electron chi connectivity index (χ0n) is 23.3. The van der Waals surface area contributed by atoms with Crippen LogP contribution in [0.15, 0.2) is 0 Å². The molecular weight excluding hydrogens is 516 g/mol. The fraction of sp³-hybridized carbons (Fsp3) is 0.885. The summed E-state index contributed by atoms with van der Waals surface area (Å²) >= 11 is 0. The molecule has 0 spiro atoms. The number of ketones is 1. The van der Waals surface area contributed by atoms with Crippen molar-refractivity contribution in [3.63, 3.8) is 0 Å². The van der Waals surface area contributed by atoms with Crippen molar-refractivity contribution in [1.82, 2.24) is 10.6 Å². The molecule has 3 aliphatic heterocycles. The Hall–Kier alpha value is -1.71. The van der Waals surface area contributed by atoms with Crippen molar-refractivity contribution in [2.24, 2.45) is 11.8 Å². The van der Waals surface area contributed by atoms with E-state index >= 15 is 0 Å². The highest BCUT2D eigenvalue weighted by Crippen LogP contribution is 2.37. The quantitative estimate of drug-likeness (QED) is 0.174. The summed E-state index contributed by atoms with van der Waals surface area (Å²) in [6.45, 7) is 9.36. The van der Waals surface area contributed by atoms with Gasteiger partial charge in [0.1, 0.15) is 36.3 Å². The highest BCUT2D eigenvalue weighted by Gasteiger charge is 2.56. The first kappa shape index (κ1) is 31.8. The second-order valence-corrected chi connectivity index (χ2v) is 11.0. The number of carbonyl (C=O) groups is 3. The Balaban J connectivity index is 1.57. The molecule has 224 valence electrons. The maximum atomic E-state index is 13.0. The Morgan fingerprint density at radius 2 is 1.62 bits per heavy atom. The third kappa shape index (κ3) is 8.17. The van der Waals surface area contributed by atoms with Crippen LogP contribution >= 0.6 is 0 Å². The SMILES string of the molecule is CC(=O)CCC(=O)NCCCNC(=O)C1O[C@@H](O[C@H]2C3OC[C@H]2O[C@H](OC(C)C)C3O)C(O)[C@@H](C(C)C)[C@H]1O. The molecule has 3 aliphatic rings. The van der Waals surface area contributed by atoms with Crippen molar-refractivity contribution < 1.29 is 53.4 Å². The summed E-state index contributed by atoms with van der Waals surface area (Å²) in [7, 11) is 0. The Labute approximate surface area is 228 Å². The predicted octanol–water partition coefficient (Wildman–Crippen LogP) is -1.01. The first-order valence-electron chi connectivity index (χ1n) is 13.7. The Kier molecular flexibility index (Phi) is 11.6. The number of carbonyl (C=O) groups excluding carboxylic acids is 3. The average Bonchev–Trinajstić information content (AvgIpc) is 3.16. The highest BCUT2D eigenvalue weighted by atomic mass is 16.8. The van der Waals surface area contributed by atoms with Crippen LogP contribution in [0, 0.1) is 11.8 Å². The second kappa shape index (κ2) is 14.3. The van der Waals surface area contributed by atoms with Gasteiger partial charge in [-0.1, -0.05) is 13.8 Å². The number of rotatable bonds is 13. The number of amides is 2. The van der Waals surface area contributed by atoms with E-state index in [1.807, 2.05) is 27.7 Å². The number of aliphatic hydroxyl groups is 3. The van der Waals surface area contributed by atoms with Crippen LogP contribution in [-0.4, -0.2) is 114 Å². The number of fused-ring (bicyclic) bond motifs is 2. The third-order valence-electron chi connectivity index (χ3n) is 7.13. The van der Waals surface area contributed by atoms with E-state index in [1.54, 1.807) is 0 Å². The lowest BCUT2D eigenvalue weighted by Crippen LogP contribution is -2.63. The van der Waals surface area contributed by atoms with Crippen LogP contribution < -0.4 is 10.6 Å². The van der Waals surface area contributed by atoms with Gasteiger partial charge in [0.05, 0.1) is 18.8 Å². The highest BCUT2D eigenvalue weighted by molar-refractivity contribution is 5.83. The maximum Gasteiger partial charge on any atom is 0.251 e. The van der Waals surface area contributed by atoms with Crippen molar-refractivity contribution in [2.75, 3.05) is 19.7 Å². The summed E-state index contributed by atoms with van der Waals surface area (Å²) in [6, 6.07) is 0. The first-order chi connectivity index (χ1) is 18.4. The largest absolute Gasteiger partial charge is 0.389 e. The van der Waals surface area contributed by atoms with E-state index in [4.69, 9.17) is 23.7 Å². The molecule has 13 nitrogen and oxygen atoms in total. The molecular formula is C26H44N2O11. The lowest BCUT2D eigenvalue weighted by molar-refractivity contribution is -0.333. The monoisotopic (exact) mass is 560 g/mol. The van der Waals surface area contributed by atoms with E-state index in [0.29, 0.717) is 13.0 Å². The normalized spacial score (nSPS) is 36.3. The van der Waals surface area contributed by atoms with Crippen LogP contribution in [0.5, 0.6) is 0 Å². The summed E-state index contributed by atoms with van der Waals surface area (Å²) < 4.78 is 29.0. The molecule has 10 atom stereocenters. The molecule has 0 aliphatic carbocycles. The van der Waals surface area contributed by atoms with Crippen molar-refractivity contribution in [3.8, 4) is 0 Å². The summed E-state index contributed by atoms with van der Waals surface area (Å²) in [5, 5.41) is 38.1. The number of aliphatic hydroxyl groups excluding tert-OH is 3. The minimum Gasteiger partial charge on any atom is -0.389 e. The summed E-state index contributed by atoms with van der Waals surface area (Å²) in [6.07, 6.45) is -8.79. The van der Waals surface area contributed by atoms with Gasteiger partial charge in [0, 0.05) is 31.8 Å². The molecule has 3 saturated heterocycles. The van der Waals surface area contributed by atoms with E-state index in [1.165, 1.54) is 6.92 Å². The molecule has 0 saturated carbocycles. The number of ether oxygens (including phenoxy) is 5. The third-order valence-corrected chi connectivity index (χ3v) is 7.13. The van der Waals surface area contributed by atoms with E-state index in [0.717, 1.165) is 0 Å². The van der Waals surface area contributed by atoms with Crippen molar-refractivity contribution >= 4 is 17.6 Å². The van der Waals surface area contributed by atoms with Gasteiger partial charge in [0.15, 0.2) is 18.7 Å². The van der Waals surface area contributed by atoms with Gasteiger partial charge < -0.3 is 54.4 Å². The Bertz CT molecular complexity index is 841. The van der Waals surface area contributed by atoms with Gasteiger partial charge in [-0.3, -0.25) is 9.59 Å². The molecule has 5 N–H and O–H groups in total. The first-order valence-corrected chi connectivity index (χ1v) is 13.7. The van der Waals surface area contributed by atoms with Gasteiger partial charge in [0.25, 0.3) is 5.91 Å². The molecule has 3 rings (SSSR count). The molecule has 0 aromatic heterocycles. The molecule has 0 radical (unpaired) electrons. The van der Waals surface area contributed by atoms with Crippen LogP contribution in [0.2, 0.25) is 0 Å². The minimum absolute atomic E-state index is 0.0627. The van der Waals surface area contributed by atoms with E-state index in [2.05, 4.69) is 10.6 Å². The molecule has 2 bridgehead atoms. The van der Waals surface area contributed by atoms with Crippen LogP contribution in [0.25, 0.3) is 0 Å². The van der Waals surface area contributed by atoms with Gasteiger partial charge in [-0.15, -0.1) is 0 Å². The van der Waals surface area contributed by atoms with Crippen LogP contribution in [0.3, 0.4) is 0 Å². The number of Topliss-reactive ketones (excluding diaryl/α,β-unsaturated/α-hetero) is 1. The zero-order chi connectivity index (χ0) is 28.9. The second-order valence-electron chi connectivity index (χ2n) is 11.0. The van der Waals surface area contributed by atoms with Crippen molar-refractivity contribution in [2.45, 2.75) is 115 Å². The molecule has 2 amide bonds. The minimum atomic E-state index is -1.32. The fourth-order valence-corrected chi connectivity index (χ4v) is 5.14. The molecule has 4 unspecified atom stereocenters. The number of hydrogen-bond acceptors (Lipinski definition) is 11. The average molecular weight is 561 g/mol. The van der Waals surface area contributed by atoms with Crippen molar-refractivity contribution in [3.05, 3.63) is 0 Å². The van der Waals surface area contributed by atoms with E-state index < -0.39 is 67.1 Å². The lowest BCUT2D eigenvalue weighted by Gasteiger charge is -2.46. The Morgan fingerprint density at radius 1 is 0.923 bits per heavy atom. The fourth-order valence-electron chi connectivity index (χ4n) is 5.14. The zero-order valence-corrected chi connectivity index (χ0v) is 23.3. The summed E-state index contributed by atoms with van der Waals surface area (Å²) in [5.41, 5.74) is 0. The number of hydrogen-bond donors (Lipinski definition) is 5. The van der Waals surface area contributed by atoms with Gasteiger partial charge in [-0.05, 0) is 33.1 Å². The standard InChI is InChI=1S/C26H44N2O11/c1-12(2)17-18(31)23(24(34)28-10-6-9-27-16(30)8-7-14(5)29)39-25(19(17)32)38-21-15-11-35-22(21)20(33)26(37-15)36-13(3)4/h12-13,15,17-23,25-26,31-33H,6-11H2,1-5H3,(H,27,30)(H,28,34)/t15-,17+,18-,19?,20?,21-,22?,23?,25-,26+/m1/s1. The molecule has 13 heteroatoms.